The SMILES string of the molecule is C[C@]12CCC3C(CC[C@@H]4C[C@@H](OC(=O)CCCc5ccc(N(CCO)CCO)cc5)CC[C@]34C)C1CCC(=O)N2. The van der Waals surface area contributed by atoms with Crippen LogP contribution in [0.1, 0.15) is 90.0 Å². The third-order valence-electron chi connectivity index (χ3n) is 11.3. The van der Waals surface area contributed by atoms with Gasteiger partial charge in [0.25, 0.3) is 0 Å². The maximum atomic E-state index is 12.8. The van der Waals surface area contributed by atoms with Crippen LogP contribution in [0.3, 0.4) is 0 Å². The Morgan fingerprint density at radius 1 is 1.00 bits per heavy atom. The maximum absolute atomic E-state index is 12.8. The van der Waals surface area contributed by atoms with Crippen molar-refractivity contribution >= 4 is 17.6 Å². The quantitative estimate of drug-likeness (QED) is 0.365. The summed E-state index contributed by atoms with van der Waals surface area (Å²) < 4.78 is 6.04. The molecular formula is C33H50N2O5. The van der Waals surface area contributed by atoms with E-state index in [4.69, 9.17) is 4.74 Å². The fourth-order valence-electron chi connectivity index (χ4n) is 9.17. The third kappa shape index (κ3) is 6.06. The highest BCUT2D eigenvalue weighted by Crippen LogP contribution is 2.62. The van der Waals surface area contributed by atoms with Crippen molar-refractivity contribution in [2.75, 3.05) is 31.2 Å². The maximum Gasteiger partial charge on any atom is 0.306 e. The van der Waals surface area contributed by atoms with Crippen LogP contribution < -0.4 is 10.2 Å². The summed E-state index contributed by atoms with van der Waals surface area (Å²) in [5.41, 5.74) is 2.47. The Bertz CT molecular complexity index is 1020. The van der Waals surface area contributed by atoms with Gasteiger partial charge < -0.3 is 25.2 Å². The minimum atomic E-state index is -0.0673. The number of nitrogens with zero attached hydrogens (tertiary/aromatic N) is 1. The number of aryl methyl sites for hydroxylation is 1. The van der Waals surface area contributed by atoms with Crippen LogP contribution in [0.4, 0.5) is 5.69 Å². The molecule has 3 aliphatic carbocycles. The van der Waals surface area contributed by atoms with E-state index in [1.165, 1.54) is 24.8 Å². The summed E-state index contributed by atoms with van der Waals surface area (Å²) in [6.45, 7) is 5.90. The van der Waals surface area contributed by atoms with Crippen LogP contribution in [0.15, 0.2) is 24.3 Å². The minimum Gasteiger partial charge on any atom is -0.462 e. The van der Waals surface area contributed by atoms with E-state index in [9.17, 15) is 19.8 Å². The molecular weight excluding hydrogens is 504 g/mol. The fraction of sp³-hybridized carbons (Fsp3) is 0.758. The number of piperidine rings is 1. The lowest BCUT2D eigenvalue weighted by atomic mass is 9.45. The Morgan fingerprint density at radius 2 is 1.75 bits per heavy atom. The first-order chi connectivity index (χ1) is 19.3. The second kappa shape index (κ2) is 12.4. The Morgan fingerprint density at radius 3 is 2.48 bits per heavy atom. The van der Waals surface area contributed by atoms with Crippen LogP contribution in [-0.2, 0) is 20.7 Å². The minimum absolute atomic E-state index is 0.0192. The van der Waals surface area contributed by atoms with Crippen LogP contribution in [0.2, 0.25) is 0 Å². The predicted octanol–water partition coefficient (Wildman–Crippen LogP) is 4.62. The number of amides is 1. The lowest BCUT2D eigenvalue weighted by molar-refractivity contribution is -0.163. The number of ether oxygens (including phenoxy) is 1. The molecule has 1 aromatic carbocycles. The van der Waals surface area contributed by atoms with Gasteiger partial charge in [0.1, 0.15) is 6.10 Å². The van der Waals surface area contributed by atoms with E-state index < -0.39 is 0 Å². The molecule has 7 nitrogen and oxygen atoms in total. The van der Waals surface area contributed by atoms with Crippen LogP contribution >= 0.6 is 0 Å². The number of aliphatic hydroxyl groups excluding tert-OH is 2. The first-order valence-corrected chi connectivity index (χ1v) is 15.8. The average Bonchev–Trinajstić information content (AvgIpc) is 2.93. The zero-order valence-electron chi connectivity index (χ0n) is 24.6. The number of hydrogen-bond donors (Lipinski definition) is 3. The third-order valence-corrected chi connectivity index (χ3v) is 11.3. The lowest BCUT2D eigenvalue weighted by Gasteiger charge is -2.62. The smallest absolute Gasteiger partial charge is 0.306 e. The van der Waals surface area contributed by atoms with E-state index in [0.29, 0.717) is 49.1 Å². The highest BCUT2D eigenvalue weighted by Gasteiger charge is 2.58. The molecule has 1 aromatic rings. The largest absolute Gasteiger partial charge is 0.462 e. The van der Waals surface area contributed by atoms with Crippen molar-refractivity contribution in [1.29, 1.82) is 0 Å². The molecule has 3 saturated carbocycles. The zero-order chi connectivity index (χ0) is 28.3. The van der Waals surface area contributed by atoms with Gasteiger partial charge in [0.15, 0.2) is 0 Å². The molecule has 4 fully saturated rings. The summed E-state index contributed by atoms with van der Waals surface area (Å²) in [6, 6.07) is 8.17. The topological polar surface area (TPSA) is 99.1 Å². The molecule has 3 N–H and O–H groups in total. The number of rotatable bonds is 10. The normalized spacial score (nSPS) is 35.1. The molecule has 7 atom stereocenters. The van der Waals surface area contributed by atoms with Gasteiger partial charge in [0, 0.05) is 37.2 Å². The Kier molecular flexibility index (Phi) is 9.11. The van der Waals surface area contributed by atoms with Gasteiger partial charge >= 0.3 is 5.97 Å². The number of fused-ring (bicyclic) bond motifs is 5. The number of hydrogen-bond acceptors (Lipinski definition) is 6. The van der Waals surface area contributed by atoms with Gasteiger partial charge in [-0.05, 0) is 118 Å². The van der Waals surface area contributed by atoms with Crippen molar-refractivity contribution in [1.82, 2.24) is 5.32 Å². The van der Waals surface area contributed by atoms with E-state index in [1.807, 2.05) is 17.0 Å². The highest BCUT2D eigenvalue weighted by atomic mass is 16.5. The van der Waals surface area contributed by atoms with E-state index in [-0.39, 0.29) is 36.7 Å². The number of aliphatic hydroxyl groups is 2. The molecule has 222 valence electrons. The summed E-state index contributed by atoms with van der Waals surface area (Å²) in [7, 11) is 0. The summed E-state index contributed by atoms with van der Waals surface area (Å²) in [4.78, 5) is 26.9. The fourth-order valence-corrected chi connectivity index (χ4v) is 9.17. The molecule has 1 amide bonds. The van der Waals surface area contributed by atoms with E-state index in [2.05, 4.69) is 31.3 Å². The first-order valence-electron chi connectivity index (χ1n) is 15.8. The van der Waals surface area contributed by atoms with E-state index in [0.717, 1.165) is 56.6 Å². The van der Waals surface area contributed by atoms with Crippen LogP contribution in [-0.4, -0.2) is 60.0 Å². The summed E-state index contributed by atoms with van der Waals surface area (Å²) in [6.07, 6.45) is 11.7. The van der Waals surface area contributed by atoms with E-state index >= 15 is 0 Å². The second-order valence-electron chi connectivity index (χ2n) is 13.5. The van der Waals surface area contributed by atoms with Crippen molar-refractivity contribution in [3.8, 4) is 0 Å². The molecule has 3 unspecified atom stereocenters. The van der Waals surface area contributed by atoms with Gasteiger partial charge in [-0.25, -0.2) is 0 Å². The number of benzene rings is 1. The first kappa shape index (κ1) is 29.4. The molecule has 40 heavy (non-hydrogen) atoms. The number of carbonyl (C=O) groups is 2. The molecule has 1 aliphatic heterocycles. The molecule has 7 heteroatoms. The summed E-state index contributed by atoms with van der Waals surface area (Å²) >= 11 is 0. The standard InChI is InChI=1S/C33H50N2O5/c1-32-16-14-26(22-24(32)8-11-27-28(32)15-17-33(2)29(27)12-13-30(38)34-33)40-31(39)5-3-4-23-6-9-25(10-7-23)35(18-20-36)19-21-37/h6-7,9-10,24,26-29,36-37H,3-5,8,11-22H2,1-2H3,(H,34,38)/t24-,26+,27?,28?,29?,32+,33+/m1/s1. The van der Waals surface area contributed by atoms with Gasteiger partial charge in [-0.1, -0.05) is 19.1 Å². The number of esters is 1. The molecule has 0 aromatic heterocycles. The molecule has 0 bridgehead atoms. The van der Waals surface area contributed by atoms with Crippen LogP contribution in [0.25, 0.3) is 0 Å². The number of nitrogens with one attached hydrogen (secondary N) is 1. The van der Waals surface area contributed by atoms with Crippen LogP contribution in [0, 0.1) is 29.1 Å². The predicted molar refractivity (Wildman–Crippen MR) is 156 cm³/mol. The molecule has 1 saturated heterocycles. The van der Waals surface area contributed by atoms with Crippen molar-refractivity contribution in [3.05, 3.63) is 29.8 Å². The van der Waals surface area contributed by atoms with Gasteiger partial charge in [-0.2, -0.15) is 0 Å². The second-order valence-corrected chi connectivity index (χ2v) is 13.5. The average molecular weight is 555 g/mol. The van der Waals surface area contributed by atoms with Crippen molar-refractivity contribution in [2.45, 2.75) is 103 Å². The van der Waals surface area contributed by atoms with Gasteiger partial charge in [0.05, 0.1) is 13.2 Å². The zero-order valence-corrected chi connectivity index (χ0v) is 24.6. The van der Waals surface area contributed by atoms with Crippen molar-refractivity contribution < 1.29 is 24.5 Å². The number of carbonyl (C=O) groups excluding carboxylic acids is 2. The Balaban J connectivity index is 1.08. The van der Waals surface area contributed by atoms with Crippen molar-refractivity contribution in [3.63, 3.8) is 0 Å². The highest BCUT2D eigenvalue weighted by molar-refractivity contribution is 5.77. The molecule has 4 aliphatic rings. The van der Waals surface area contributed by atoms with Gasteiger partial charge in [-0.3, -0.25) is 9.59 Å². The molecule has 0 spiro atoms. The van der Waals surface area contributed by atoms with Crippen molar-refractivity contribution in [2.24, 2.45) is 29.1 Å². The molecule has 1 heterocycles. The van der Waals surface area contributed by atoms with Gasteiger partial charge in [0.2, 0.25) is 5.91 Å². The molecule has 0 radical (unpaired) electrons. The summed E-state index contributed by atoms with van der Waals surface area (Å²) in [5.74, 6) is 2.83. The van der Waals surface area contributed by atoms with Gasteiger partial charge in [-0.15, -0.1) is 0 Å². The molecule has 5 rings (SSSR count). The van der Waals surface area contributed by atoms with Crippen LogP contribution in [0.5, 0.6) is 0 Å². The van der Waals surface area contributed by atoms with E-state index in [1.54, 1.807) is 0 Å². The Hall–Kier alpha value is -2.12. The Labute approximate surface area is 240 Å². The lowest BCUT2D eigenvalue weighted by Crippen LogP contribution is -2.63. The number of anilines is 1. The summed E-state index contributed by atoms with van der Waals surface area (Å²) in [5, 5.41) is 21.9. The monoisotopic (exact) mass is 554 g/mol.